The van der Waals surface area contributed by atoms with Gasteiger partial charge < -0.3 is 14.7 Å². The standard InChI is InChI=1S/CH2N2.CH4.Ca.H3N.2H/c2-1-3;;;;;/h2H2;1H4;;1H3;;/q;;+2;;2*-1. The Balaban J connectivity index is -0.00000000200. The van der Waals surface area contributed by atoms with Crippen LogP contribution in [0.4, 0.5) is 0 Å². The van der Waals surface area contributed by atoms with Gasteiger partial charge in [0.1, 0.15) is 0 Å². The van der Waals surface area contributed by atoms with Crippen LogP contribution in [0.25, 0.3) is 0 Å². The minimum absolute atomic E-state index is 0. The number of hydrogen-bond acceptors (Lipinski definition) is 3. The molecule has 3 nitrogen and oxygen atoms in total. The third kappa shape index (κ3) is 214. The van der Waals surface area contributed by atoms with Crippen LogP contribution in [0.1, 0.15) is 10.3 Å². The van der Waals surface area contributed by atoms with Gasteiger partial charge in [-0.05, 0) is 0 Å². The number of hydrogen-bond donors (Lipinski definition) is 2. The number of nitrogens with two attached hydrogens (primary N) is 1. The molecule has 0 rings (SSSR count). The average molecular weight is 117 g/mol. The van der Waals surface area contributed by atoms with Gasteiger partial charge in [-0.15, -0.1) is 0 Å². The Labute approximate surface area is 71.1 Å². The Morgan fingerprint density at radius 1 is 1.67 bits per heavy atom. The quantitative estimate of drug-likeness (QED) is 0.267. The van der Waals surface area contributed by atoms with Gasteiger partial charge in [0, 0.05) is 0 Å². The van der Waals surface area contributed by atoms with Crippen LogP contribution in [0.2, 0.25) is 0 Å². The molecule has 0 aliphatic heterocycles. The molecule has 5 N–H and O–H groups in total. The summed E-state index contributed by atoms with van der Waals surface area (Å²) in [5, 5.41) is 7.10. The topological polar surface area (TPSA) is 84.8 Å². The van der Waals surface area contributed by atoms with Crippen LogP contribution in [-0.4, -0.2) is 37.7 Å². The van der Waals surface area contributed by atoms with Crippen LogP contribution in [0.15, 0.2) is 0 Å². The Bertz CT molecular complexity index is 36.8. The molecule has 0 fully saturated rings. The summed E-state index contributed by atoms with van der Waals surface area (Å²) >= 11 is 0. The van der Waals surface area contributed by atoms with E-state index in [1.54, 1.807) is 0 Å². The largest absolute Gasteiger partial charge is 2.00 e. The van der Waals surface area contributed by atoms with Gasteiger partial charge in [-0.1, -0.05) is 7.43 Å². The monoisotopic (exact) mass is 117 g/mol. The van der Waals surface area contributed by atoms with Crippen LogP contribution in [0.5, 0.6) is 0 Å². The van der Waals surface area contributed by atoms with Crippen molar-refractivity contribution in [2.24, 2.45) is 5.73 Å². The SMILES string of the molecule is C.N.N#CN.[Ca+2].[H-].[H-]. The zero-order valence-corrected chi connectivity index (χ0v) is 5.15. The molecular weight excluding hydrogens is 106 g/mol. The molecule has 4 heteroatoms. The molecule has 0 atom stereocenters. The molecule has 0 spiro atoms. The molecule has 0 saturated heterocycles. The molecule has 0 aliphatic rings. The van der Waals surface area contributed by atoms with Gasteiger partial charge in [0.15, 0.2) is 6.19 Å². The van der Waals surface area contributed by atoms with Gasteiger partial charge in [-0.25, -0.2) is 0 Å². The second kappa shape index (κ2) is 49.2. The van der Waals surface area contributed by atoms with E-state index in [0.29, 0.717) is 0 Å². The van der Waals surface area contributed by atoms with Crippen LogP contribution >= 0.6 is 0 Å². The van der Waals surface area contributed by atoms with Crippen molar-refractivity contribution in [3.8, 4) is 6.19 Å². The van der Waals surface area contributed by atoms with Gasteiger partial charge in [0.2, 0.25) is 0 Å². The Morgan fingerprint density at radius 2 is 1.67 bits per heavy atom. The van der Waals surface area contributed by atoms with E-state index in [1.165, 1.54) is 6.19 Å². The molecule has 0 aromatic heterocycles. The van der Waals surface area contributed by atoms with Crippen LogP contribution in [0, 0.1) is 11.5 Å². The fourth-order valence-corrected chi connectivity index (χ4v) is 0. The van der Waals surface area contributed by atoms with E-state index in [4.69, 9.17) is 5.26 Å². The Morgan fingerprint density at radius 3 is 1.67 bits per heavy atom. The smallest absolute Gasteiger partial charge is 1.00 e. The Hall–Kier alpha value is 0.510. The van der Waals surface area contributed by atoms with Crippen molar-refractivity contribution < 1.29 is 2.85 Å². The molecular formula is C2H11CaN3. The predicted octanol–water partition coefficient (Wildman–Crippen LogP) is 0.0685. The van der Waals surface area contributed by atoms with Gasteiger partial charge in [-0.2, -0.15) is 5.26 Å². The first-order chi connectivity index (χ1) is 1.41. The zero-order chi connectivity index (χ0) is 2.71. The zero-order valence-electron chi connectivity index (χ0n) is 4.94. The third-order valence-corrected chi connectivity index (χ3v) is 0. The maximum absolute atomic E-state index is 7.10. The van der Waals surface area contributed by atoms with Crippen molar-refractivity contribution in [2.75, 3.05) is 0 Å². The molecule has 0 unspecified atom stereocenters. The summed E-state index contributed by atoms with van der Waals surface area (Å²) in [6.07, 6.45) is 1.25. The van der Waals surface area contributed by atoms with Crippen molar-refractivity contribution in [1.29, 1.82) is 5.26 Å². The third-order valence-electron chi connectivity index (χ3n) is 0. The summed E-state index contributed by atoms with van der Waals surface area (Å²) in [6.45, 7) is 0. The van der Waals surface area contributed by atoms with Crippen LogP contribution < -0.4 is 11.9 Å². The Kier molecular flexibility index (Phi) is 257. The first kappa shape index (κ1) is 31.4. The number of nitriles is 1. The summed E-state index contributed by atoms with van der Waals surface area (Å²) in [6, 6.07) is 0. The molecule has 0 amide bonds. The number of nitrogens with zero attached hydrogens (tertiary/aromatic N) is 1. The van der Waals surface area contributed by atoms with Crippen molar-refractivity contribution in [1.82, 2.24) is 6.15 Å². The van der Waals surface area contributed by atoms with Crippen LogP contribution in [-0.2, 0) is 0 Å². The van der Waals surface area contributed by atoms with E-state index in [-0.39, 0.29) is 54.2 Å². The molecule has 0 aliphatic carbocycles. The normalized spacial score (nSPS) is 1.17. The average Bonchev–Trinajstić information content (AvgIpc) is 0.918. The maximum atomic E-state index is 7.10. The molecule has 0 radical (unpaired) electrons. The summed E-state index contributed by atoms with van der Waals surface area (Å²) in [5.74, 6) is 0. The molecule has 0 saturated carbocycles. The van der Waals surface area contributed by atoms with E-state index < -0.39 is 0 Å². The van der Waals surface area contributed by atoms with E-state index in [0.717, 1.165) is 0 Å². The fourth-order valence-electron chi connectivity index (χ4n) is 0. The van der Waals surface area contributed by atoms with Gasteiger partial charge >= 0.3 is 37.7 Å². The minimum Gasteiger partial charge on any atom is -1.00 e. The van der Waals surface area contributed by atoms with Crippen molar-refractivity contribution in [3.05, 3.63) is 0 Å². The van der Waals surface area contributed by atoms with E-state index in [1.807, 2.05) is 0 Å². The predicted molar refractivity (Wildman–Crippen MR) is 29.5 cm³/mol. The molecule has 6 heavy (non-hydrogen) atoms. The van der Waals surface area contributed by atoms with Gasteiger partial charge in [0.05, 0.1) is 0 Å². The second-order valence-corrected chi connectivity index (χ2v) is 0.129. The minimum atomic E-state index is 0. The molecule has 36 valence electrons. The summed E-state index contributed by atoms with van der Waals surface area (Å²) in [7, 11) is 0. The maximum Gasteiger partial charge on any atom is 2.00 e. The number of rotatable bonds is 0. The summed E-state index contributed by atoms with van der Waals surface area (Å²) in [5.41, 5.74) is 4.15. The van der Waals surface area contributed by atoms with Gasteiger partial charge in [0.25, 0.3) is 0 Å². The first-order valence-electron chi connectivity index (χ1n) is 0.512. The van der Waals surface area contributed by atoms with Crippen LogP contribution in [0.3, 0.4) is 0 Å². The van der Waals surface area contributed by atoms with E-state index in [9.17, 15) is 0 Å². The molecule has 0 aromatic rings. The van der Waals surface area contributed by atoms with E-state index in [2.05, 4.69) is 5.73 Å². The summed E-state index contributed by atoms with van der Waals surface area (Å²) in [4.78, 5) is 0. The van der Waals surface area contributed by atoms with Crippen molar-refractivity contribution >= 4 is 37.7 Å². The first-order valence-corrected chi connectivity index (χ1v) is 0.512. The molecule has 0 bridgehead atoms. The molecule has 0 heterocycles. The second-order valence-electron chi connectivity index (χ2n) is 0.129. The van der Waals surface area contributed by atoms with Crippen molar-refractivity contribution in [2.45, 2.75) is 7.43 Å². The molecule has 0 aromatic carbocycles. The van der Waals surface area contributed by atoms with Gasteiger partial charge in [-0.3, -0.25) is 0 Å². The summed E-state index contributed by atoms with van der Waals surface area (Å²) < 4.78 is 0. The fraction of sp³-hybridized carbons (Fsp3) is 0.500. The van der Waals surface area contributed by atoms with E-state index >= 15 is 0 Å². The van der Waals surface area contributed by atoms with Crippen molar-refractivity contribution in [3.63, 3.8) is 0 Å².